The quantitative estimate of drug-likeness (QED) is 0.493. The van der Waals surface area contributed by atoms with Crippen molar-refractivity contribution >= 4 is 23.7 Å². The van der Waals surface area contributed by atoms with Gasteiger partial charge in [-0.15, -0.1) is 23.7 Å². The molecule has 0 amide bonds. The maximum atomic E-state index is 10.4. The van der Waals surface area contributed by atoms with Crippen LogP contribution in [0.25, 0.3) is 10.4 Å². The minimum Gasteiger partial charge on any atom is -0.493 e. The lowest BCUT2D eigenvalue weighted by Gasteiger charge is -2.12. The van der Waals surface area contributed by atoms with Gasteiger partial charge in [-0.1, -0.05) is 36.4 Å². The predicted octanol–water partition coefficient (Wildman–Crippen LogP) is 4.72. The van der Waals surface area contributed by atoms with Crippen molar-refractivity contribution in [2.45, 2.75) is 12.5 Å². The Morgan fingerprint density at radius 3 is 2.43 bits per heavy atom. The molecular weight excluding hydrogens is 394 g/mol. The van der Waals surface area contributed by atoms with Crippen LogP contribution in [-0.4, -0.2) is 32.4 Å². The third-order valence-electron chi connectivity index (χ3n) is 4.39. The molecule has 2 N–H and O–H groups in total. The third kappa shape index (κ3) is 5.72. The molecule has 4 nitrogen and oxygen atoms in total. The van der Waals surface area contributed by atoms with E-state index in [1.165, 1.54) is 10.4 Å². The molecule has 1 heterocycles. The normalized spacial score (nSPS) is 11.5. The number of nitrogens with one attached hydrogen (secondary N) is 1. The van der Waals surface area contributed by atoms with E-state index in [4.69, 9.17) is 9.47 Å². The van der Waals surface area contributed by atoms with Crippen LogP contribution in [0.3, 0.4) is 0 Å². The second-order valence-electron chi connectivity index (χ2n) is 6.23. The van der Waals surface area contributed by atoms with Crippen molar-refractivity contribution < 1.29 is 14.6 Å². The summed E-state index contributed by atoms with van der Waals surface area (Å²) < 4.78 is 10.6. The summed E-state index contributed by atoms with van der Waals surface area (Å²) in [6.45, 7) is 1.31. The van der Waals surface area contributed by atoms with Crippen molar-refractivity contribution in [1.29, 1.82) is 0 Å². The highest BCUT2D eigenvalue weighted by molar-refractivity contribution is 7.15. The van der Waals surface area contributed by atoms with Crippen LogP contribution in [0.4, 0.5) is 0 Å². The Morgan fingerprint density at radius 1 is 0.964 bits per heavy atom. The van der Waals surface area contributed by atoms with E-state index < -0.39 is 6.10 Å². The zero-order chi connectivity index (χ0) is 19.1. The molecule has 0 bridgehead atoms. The number of hydrogen-bond donors (Lipinski definition) is 2. The number of rotatable bonds is 9. The number of aliphatic hydroxyl groups is 1. The van der Waals surface area contributed by atoms with Crippen molar-refractivity contribution in [2.24, 2.45) is 0 Å². The Kier molecular flexibility index (Phi) is 8.80. The first-order chi connectivity index (χ1) is 13.2. The van der Waals surface area contributed by atoms with Gasteiger partial charge in [-0.2, -0.15) is 0 Å². The summed E-state index contributed by atoms with van der Waals surface area (Å²) in [6, 6.07) is 20.3. The molecule has 1 atom stereocenters. The lowest BCUT2D eigenvalue weighted by atomic mass is 10.1. The topological polar surface area (TPSA) is 50.7 Å². The SMILES string of the molecule is COc1ccc(CCNCC(O)c2ccc(-c3ccccc3)s2)cc1OC.Cl. The summed E-state index contributed by atoms with van der Waals surface area (Å²) >= 11 is 1.64. The molecule has 1 unspecified atom stereocenters. The van der Waals surface area contributed by atoms with Crippen molar-refractivity contribution in [2.75, 3.05) is 27.3 Å². The largest absolute Gasteiger partial charge is 0.493 e. The molecular formula is C22H26ClNO3S. The number of aliphatic hydroxyl groups excluding tert-OH is 1. The van der Waals surface area contributed by atoms with Gasteiger partial charge in [-0.05, 0) is 48.4 Å². The smallest absolute Gasteiger partial charge is 0.160 e. The average Bonchev–Trinajstić information content (AvgIpc) is 3.22. The number of ether oxygens (including phenoxy) is 2. The van der Waals surface area contributed by atoms with E-state index in [-0.39, 0.29) is 12.4 Å². The molecule has 28 heavy (non-hydrogen) atoms. The van der Waals surface area contributed by atoms with E-state index in [9.17, 15) is 5.11 Å². The van der Waals surface area contributed by atoms with Crippen molar-refractivity contribution in [1.82, 2.24) is 5.32 Å². The molecule has 0 aliphatic heterocycles. The Balaban J connectivity index is 0.00000280. The second-order valence-corrected chi connectivity index (χ2v) is 7.34. The van der Waals surface area contributed by atoms with Gasteiger partial charge in [0.2, 0.25) is 0 Å². The average molecular weight is 420 g/mol. The third-order valence-corrected chi connectivity index (χ3v) is 5.63. The van der Waals surface area contributed by atoms with Crippen LogP contribution >= 0.6 is 23.7 Å². The molecule has 0 aliphatic carbocycles. The van der Waals surface area contributed by atoms with Gasteiger partial charge in [-0.3, -0.25) is 0 Å². The maximum absolute atomic E-state index is 10.4. The van der Waals surface area contributed by atoms with Crippen molar-refractivity contribution in [3.63, 3.8) is 0 Å². The van der Waals surface area contributed by atoms with Gasteiger partial charge in [0.1, 0.15) is 6.10 Å². The standard InChI is InChI=1S/C22H25NO3S.ClH/c1-25-19-9-8-16(14-20(19)26-2)12-13-23-15-18(24)22-11-10-21(27-22)17-6-4-3-5-7-17;/h3-11,14,18,23-24H,12-13,15H2,1-2H3;1H. The van der Waals surface area contributed by atoms with Gasteiger partial charge >= 0.3 is 0 Å². The fraction of sp³-hybridized carbons (Fsp3) is 0.273. The lowest BCUT2D eigenvalue weighted by Crippen LogP contribution is -2.23. The summed E-state index contributed by atoms with van der Waals surface area (Å²) in [4.78, 5) is 2.16. The van der Waals surface area contributed by atoms with E-state index >= 15 is 0 Å². The van der Waals surface area contributed by atoms with Gasteiger partial charge in [-0.25, -0.2) is 0 Å². The van der Waals surface area contributed by atoms with Crippen molar-refractivity contribution in [3.05, 3.63) is 71.1 Å². The summed E-state index contributed by atoms with van der Waals surface area (Å²) in [5, 5.41) is 13.8. The van der Waals surface area contributed by atoms with Crippen LogP contribution in [0.15, 0.2) is 60.7 Å². The van der Waals surface area contributed by atoms with Crippen LogP contribution in [0.1, 0.15) is 16.5 Å². The molecule has 6 heteroatoms. The molecule has 0 fully saturated rings. The molecule has 0 aliphatic rings. The van der Waals surface area contributed by atoms with Crippen molar-refractivity contribution in [3.8, 4) is 21.9 Å². The summed E-state index contributed by atoms with van der Waals surface area (Å²) in [7, 11) is 3.27. The van der Waals surface area contributed by atoms with E-state index in [2.05, 4.69) is 23.5 Å². The van der Waals surface area contributed by atoms with Gasteiger partial charge in [0.25, 0.3) is 0 Å². The summed E-state index contributed by atoms with van der Waals surface area (Å²) in [5.74, 6) is 1.47. The molecule has 3 rings (SSSR count). The number of methoxy groups -OCH3 is 2. The molecule has 150 valence electrons. The number of benzene rings is 2. The molecule has 3 aromatic rings. The monoisotopic (exact) mass is 419 g/mol. The van der Waals surface area contributed by atoms with Crippen LogP contribution in [-0.2, 0) is 6.42 Å². The minimum absolute atomic E-state index is 0. The van der Waals surface area contributed by atoms with Gasteiger partial charge in [0.05, 0.1) is 14.2 Å². The van der Waals surface area contributed by atoms with Crippen LogP contribution in [0.2, 0.25) is 0 Å². The predicted molar refractivity (Wildman–Crippen MR) is 118 cm³/mol. The number of halogens is 1. The van der Waals surface area contributed by atoms with Crippen LogP contribution < -0.4 is 14.8 Å². The summed E-state index contributed by atoms with van der Waals surface area (Å²) in [6.07, 6.45) is 0.352. The number of thiophene rings is 1. The molecule has 0 spiro atoms. The van der Waals surface area contributed by atoms with E-state index in [1.54, 1.807) is 25.6 Å². The minimum atomic E-state index is -0.502. The van der Waals surface area contributed by atoms with Crippen LogP contribution in [0.5, 0.6) is 11.5 Å². The Morgan fingerprint density at radius 2 is 1.71 bits per heavy atom. The van der Waals surface area contributed by atoms with Gasteiger partial charge < -0.3 is 19.9 Å². The van der Waals surface area contributed by atoms with E-state index in [1.807, 2.05) is 42.5 Å². The first kappa shape index (κ1) is 22.2. The van der Waals surface area contributed by atoms with Crippen LogP contribution in [0, 0.1) is 0 Å². The Bertz CT molecular complexity index is 854. The number of hydrogen-bond acceptors (Lipinski definition) is 5. The summed E-state index contributed by atoms with van der Waals surface area (Å²) in [5.41, 5.74) is 2.35. The first-order valence-electron chi connectivity index (χ1n) is 8.96. The molecule has 2 aromatic carbocycles. The highest BCUT2D eigenvalue weighted by atomic mass is 35.5. The molecule has 1 aromatic heterocycles. The highest BCUT2D eigenvalue weighted by Gasteiger charge is 2.11. The lowest BCUT2D eigenvalue weighted by molar-refractivity contribution is 0.179. The van der Waals surface area contributed by atoms with E-state index in [0.29, 0.717) is 6.54 Å². The highest BCUT2D eigenvalue weighted by Crippen LogP contribution is 2.31. The molecule has 0 saturated heterocycles. The molecule has 0 saturated carbocycles. The van der Waals surface area contributed by atoms with Gasteiger partial charge in [0.15, 0.2) is 11.5 Å². The fourth-order valence-corrected chi connectivity index (χ4v) is 3.90. The maximum Gasteiger partial charge on any atom is 0.160 e. The van der Waals surface area contributed by atoms with Gasteiger partial charge in [0, 0.05) is 16.3 Å². The Hall–Kier alpha value is -2.05. The zero-order valence-electron chi connectivity index (χ0n) is 16.1. The first-order valence-corrected chi connectivity index (χ1v) is 9.77. The zero-order valence-corrected chi connectivity index (χ0v) is 17.7. The second kappa shape index (κ2) is 11.1. The van der Waals surface area contributed by atoms with E-state index in [0.717, 1.165) is 34.9 Å². The fourth-order valence-electron chi connectivity index (χ4n) is 2.90. The molecule has 0 radical (unpaired) electrons. The Labute approximate surface area is 176 Å².